The molecule has 0 aliphatic heterocycles. The van der Waals surface area contributed by atoms with Gasteiger partial charge < -0.3 is 10.2 Å². The summed E-state index contributed by atoms with van der Waals surface area (Å²) in [5.41, 5.74) is 4.55. The second-order valence-corrected chi connectivity index (χ2v) is 7.25. The van der Waals surface area contributed by atoms with Crippen molar-refractivity contribution in [2.24, 2.45) is 0 Å². The Balaban J connectivity index is 1.75. The van der Waals surface area contributed by atoms with Crippen LogP contribution >= 0.6 is 0 Å². The van der Waals surface area contributed by atoms with Crippen molar-refractivity contribution >= 4 is 17.5 Å². The van der Waals surface area contributed by atoms with Gasteiger partial charge in [-0.15, -0.1) is 0 Å². The van der Waals surface area contributed by atoms with Crippen LogP contribution in [0.1, 0.15) is 40.9 Å². The lowest BCUT2D eigenvalue weighted by Gasteiger charge is -2.26. The van der Waals surface area contributed by atoms with Crippen LogP contribution in [-0.4, -0.2) is 21.9 Å². The van der Waals surface area contributed by atoms with E-state index in [-0.39, 0.29) is 11.9 Å². The average molecular weight is 374 g/mol. The van der Waals surface area contributed by atoms with Gasteiger partial charge in [-0.25, -0.2) is 9.97 Å². The van der Waals surface area contributed by atoms with Crippen molar-refractivity contribution in [1.82, 2.24) is 9.97 Å². The highest BCUT2D eigenvalue weighted by atomic mass is 16.1. The number of aromatic nitrogens is 2. The molecule has 5 nitrogen and oxygen atoms in total. The number of nitrogens with one attached hydrogen (secondary N) is 1. The van der Waals surface area contributed by atoms with E-state index < -0.39 is 0 Å². The zero-order valence-electron chi connectivity index (χ0n) is 16.8. The molecule has 3 aromatic rings. The normalized spacial score (nSPS) is 10.8. The Bertz CT molecular complexity index is 937. The van der Waals surface area contributed by atoms with Gasteiger partial charge in [0.15, 0.2) is 0 Å². The van der Waals surface area contributed by atoms with Crippen LogP contribution in [0.2, 0.25) is 0 Å². The van der Waals surface area contributed by atoms with Crippen LogP contribution in [0.4, 0.5) is 11.6 Å². The molecule has 0 saturated heterocycles. The molecule has 0 unspecified atom stereocenters. The lowest BCUT2D eigenvalue weighted by atomic mass is 10.1. The Kier molecular flexibility index (Phi) is 6.04. The topological polar surface area (TPSA) is 58.1 Å². The molecule has 144 valence electrons. The number of hydrogen-bond acceptors (Lipinski definition) is 4. The van der Waals surface area contributed by atoms with Gasteiger partial charge in [0.25, 0.3) is 5.91 Å². The lowest BCUT2D eigenvalue weighted by Crippen LogP contribution is -2.31. The molecule has 1 amide bonds. The first-order valence-electron chi connectivity index (χ1n) is 9.45. The second-order valence-electron chi connectivity index (χ2n) is 7.25. The standard InChI is InChI=1S/C23H26N4O/c1-16(2)27(15-19-8-6-5-7-9-19)23-24-13-20(14-25-23)22(28)26-21-12-17(3)10-11-18(21)4/h5-14,16H,15H2,1-4H3,(H,26,28). The maximum absolute atomic E-state index is 12.6. The summed E-state index contributed by atoms with van der Waals surface area (Å²) in [7, 11) is 0. The van der Waals surface area contributed by atoms with Gasteiger partial charge in [-0.2, -0.15) is 0 Å². The average Bonchev–Trinajstić information content (AvgIpc) is 2.69. The minimum absolute atomic E-state index is 0.209. The SMILES string of the molecule is Cc1ccc(C)c(NC(=O)c2cnc(N(Cc3ccccc3)C(C)C)nc2)c1. The van der Waals surface area contributed by atoms with Crippen molar-refractivity contribution in [3.8, 4) is 0 Å². The van der Waals surface area contributed by atoms with Gasteiger partial charge in [-0.05, 0) is 50.5 Å². The largest absolute Gasteiger partial charge is 0.334 e. The third kappa shape index (κ3) is 4.74. The fourth-order valence-corrected chi connectivity index (χ4v) is 2.92. The van der Waals surface area contributed by atoms with Crippen LogP contribution in [0.15, 0.2) is 60.9 Å². The van der Waals surface area contributed by atoms with E-state index >= 15 is 0 Å². The molecule has 0 fully saturated rings. The quantitative estimate of drug-likeness (QED) is 0.676. The van der Waals surface area contributed by atoms with E-state index in [2.05, 4.69) is 46.2 Å². The van der Waals surface area contributed by atoms with E-state index in [1.54, 1.807) is 12.4 Å². The predicted molar refractivity (Wildman–Crippen MR) is 114 cm³/mol. The zero-order chi connectivity index (χ0) is 20.1. The molecule has 28 heavy (non-hydrogen) atoms. The number of anilines is 2. The Morgan fingerprint density at radius 2 is 1.71 bits per heavy atom. The highest BCUT2D eigenvalue weighted by Crippen LogP contribution is 2.19. The summed E-state index contributed by atoms with van der Waals surface area (Å²) < 4.78 is 0. The van der Waals surface area contributed by atoms with E-state index in [4.69, 9.17) is 0 Å². The summed E-state index contributed by atoms with van der Waals surface area (Å²) in [6.07, 6.45) is 3.17. The molecule has 0 aliphatic rings. The monoisotopic (exact) mass is 374 g/mol. The number of amides is 1. The number of hydrogen-bond donors (Lipinski definition) is 1. The molecule has 1 N–H and O–H groups in total. The lowest BCUT2D eigenvalue weighted by molar-refractivity contribution is 0.102. The maximum atomic E-state index is 12.6. The number of rotatable bonds is 6. The van der Waals surface area contributed by atoms with Crippen LogP contribution in [0, 0.1) is 13.8 Å². The first-order chi connectivity index (χ1) is 13.4. The number of benzene rings is 2. The number of nitrogens with zero attached hydrogens (tertiary/aromatic N) is 3. The fraction of sp³-hybridized carbons (Fsp3) is 0.261. The van der Waals surface area contributed by atoms with Crippen molar-refractivity contribution in [3.05, 3.63) is 83.2 Å². The Labute approximate surface area is 166 Å². The van der Waals surface area contributed by atoms with Gasteiger partial charge in [0.1, 0.15) is 0 Å². The van der Waals surface area contributed by atoms with Crippen molar-refractivity contribution in [2.75, 3.05) is 10.2 Å². The summed E-state index contributed by atoms with van der Waals surface area (Å²) >= 11 is 0. The molecular weight excluding hydrogens is 348 g/mol. The molecule has 0 bridgehead atoms. The molecule has 3 rings (SSSR count). The van der Waals surface area contributed by atoms with Crippen molar-refractivity contribution in [1.29, 1.82) is 0 Å². The smallest absolute Gasteiger partial charge is 0.258 e. The van der Waals surface area contributed by atoms with Crippen LogP contribution in [0.25, 0.3) is 0 Å². The zero-order valence-corrected chi connectivity index (χ0v) is 16.8. The van der Waals surface area contributed by atoms with Gasteiger partial charge in [0, 0.05) is 30.7 Å². The highest BCUT2D eigenvalue weighted by Gasteiger charge is 2.16. The molecule has 0 aliphatic carbocycles. The molecular formula is C23H26N4O. The van der Waals surface area contributed by atoms with E-state index in [0.717, 1.165) is 16.8 Å². The molecule has 1 aromatic heterocycles. The van der Waals surface area contributed by atoms with Crippen molar-refractivity contribution in [3.63, 3.8) is 0 Å². The minimum Gasteiger partial charge on any atom is -0.334 e. The second kappa shape index (κ2) is 8.65. The molecule has 2 aromatic carbocycles. The third-order valence-electron chi connectivity index (χ3n) is 4.62. The van der Waals surface area contributed by atoms with Crippen LogP contribution in [0.5, 0.6) is 0 Å². The number of carbonyl (C=O) groups excluding carboxylic acids is 1. The third-order valence-corrected chi connectivity index (χ3v) is 4.62. The molecule has 0 spiro atoms. The first-order valence-corrected chi connectivity index (χ1v) is 9.45. The van der Waals surface area contributed by atoms with Gasteiger partial charge >= 0.3 is 0 Å². The van der Waals surface area contributed by atoms with Crippen LogP contribution < -0.4 is 10.2 Å². The Morgan fingerprint density at radius 3 is 2.36 bits per heavy atom. The Hall–Kier alpha value is -3.21. The summed E-state index contributed by atoms with van der Waals surface area (Å²) in [5, 5.41) is 2.95. The molecule has 0 atom stereocenters. The minimum atomic E-state index is -0.209. The van der Waals surface area contributed by atoms with E-state index in [1.807, 2.05) is 50.2 Å². The van der Waals surface area contributed by atoms with E-state index in [9.17, 15) is 4.79 Å². The maximum Gasteiger partial charge on any atom is 0.258 e. The molecule has 5 heteroatoms. The van der Waals surface area contributed by atoms with Crippen LogP contribution in [-0.2, 0) is 6.54 Å². The Morgan fingerprint density at radius 1 is 1.04 bits per heavy atom. The van der Waals surface area contributed by atoms with Gasteiger partial charge in [-0.1, -0.05) is 42.5 Å². The van der Waals surface area contributed by atoms with E-state index in [1.165, 1.54) is 5.56 Å². The van der Waals surface area contributed by atoms with Gasteiger partial charge in [-0.3, -0.25) is 4.79 Å². The molecule has 0 radical (unpaired) electrons. The first kappa shape index (κ1) is 19.5. The summed E-state index contributed by atoms with van der Waals surface area (Å²) in [6.45, 7) is 8.90. The van der Waals surface area contributed by atoms with Crippen LogP contribution in [0.3, 0.4) is 0 Å². The summed E-state index contributed by atoms with van der Waals surface area (Å²) in [4.78, 5) is 23.6. The van der Waals surface area contributed by atoms with Gasteiger partial charge in [0.05, 0.1) is 5.56 Å². The fourth-order valence-electron chi connectivity index (χ4n) is 2.92. The molecule has 0 saturated carbocycles. The summed E-state index contributed by atoms with van der Waals surface area (Å²) in [5.74, 6) is 0.404. The van der Waals surface area contributed by atoms with Crippen molar-refractivity contribution in [2.45, 2.75) is 40.3 Å². The van der Waals surface area contributed by atoms with E-state index in [0.29, 0.717) is 18.1 Å². The summed E-state index contributed by atoms with van der Waals surface area (Å²) in [6, 6.07) is 16.4. The number of aryl methyl sites for hydroxylation is 2. The van der Waals surface area contributed by atoms with Crippen molar-refractivity contribution < 1.29 is 4.79 Å². The highest BCUT2D eigenvalue weighted by molar-refractivity contribution is 6.04. The number of carbonyl (C=O) groups is 1. The molecule has 1 heterocycles. The van der Waals surface area contributed by atoms with Gasteiger partial charge in [0.2, 0.25) is 5.95 Å². The predicted octanol–water partition coefficient (Wildman–Crippen LogP) is 4.76.